The molecule has 0 aliphatic heterocycles. The van der Waals surface area contributed by atoms with Crippen molar-refractivity contribution >= 4 is 0 Å². The summed E-state index contributed by atoms with van der Waals surface area (Å²) in [4.78, 5) is 0. The van der Waals surface area contributed by atoms with Gasteiger partial charge in [-0.15, -0.1) is 0 Å². The predicted molar refractivity (Wildman–Crippen MR) is 56.5 cm³/mol. The second-order valence-electron chi connectivity index (χ2n) is 3.61. The normalized spacial score (nSPS) is 12.9. The largest absolute Gasteiger partial charge is 0.329 e. The van der Waals surface area contributed by atoms with Crippen molar-refractivity contribution in [1.29, 1.82) is 0 Å². The van der Waals surface area contributed by atoms with E-state index in [0.29, 0.717) is 18.7 Å². The Labute approximate surface area is 84.3 Å². The summed E-state index contributed by atoms with van der Waals surface area (Å²) in [5, 5.41) is 3.15. The quantitative estimate of drug-likeness (QED) is 0.767. The van der Waals surface area contributed by atoms with Crippen LogP contribution in [-0.2, 0) is 6.54 Å². The summed E-state index contributed by atoms with van der Waals surface area (Å²) in [7, 11) is 0. The van der Waals surface area contributed by atoms with Crippen molar-refractivity contribution in [2.45, 2.75) is 26.4 Å². The van der Waals surface area contributed by atoms with Crippen molar-refractivity contribution in [2.75, 3.05) is 6.54 Å². The van der Waals surface area contributed by atoms with Crippen LogP contribution in [0.3, 0.4) is 0 Å². The first-order valence-electron chi connectivity index (χ1n) is 4.82. The molecule has 1 aromatic carbocycles. The fraction of sp³-hybridized carbons (Fsp3) is 0.455. The Morgan fingerprint density at radius 3 is 2.86 bits per heavy atom. The van der Waals surface area contributed by atoms with E-state index >= 15 is 0 Å². The number of benzene rings is 1. The van der Waals surface area contributed by atoms with Gasteiger partial charge < -0.3 is 11.1 Å². The molecule has 0 unspecified atom stereocenters. The maximum absolute atomic E-state index is 13.3. The Kier molecular flexibility index (Phi) is 4.04. The van der Waals surface area contributed by atoms with Gasteiger partial charge in [0.2, 0.25) is 0 Å². The lowest BCUT2D eigenvalue weighted by Gasteiger charge is -2.11. The summed E-state index contributed by atoms with van der Waals surface area (Å²) in [6, 6.07) is 5.34. The molecule has 1 aromatic rings. The first-order valence-corrected chi connectivity index (χ1v) is 4.82. The lowest BCUT2D eigenvalue weighted by Crippen LogP contribution is -2.32. The molecule has 1 rings (SSSR count). The minimum absolute atomic E-state index is 0.160. The van der Waals surface area contributed by atoms with E-state index < -0.39 is 0 Å². The number of nitrogens with one attached hydrogen (secondary N) is 1. The Morgan fingerprint density at radius 1 is 1.50 bits per heavy atom. The van der Waals surface area contributed by atoms with Crippen LogP contribution < -0.4 is 11.1 Å². The molecule has 0 heterocycles. The van der Waals surface area contributed by atoms with Gasteiger partial charge in [0.25, 0.3) is 0 Å². The van der Waals surface area contributed by atoms with E-state index in [1.807, 2.05) is 19.9 Å². The number of hydrogen-bond acceptors (Lipinski definition) is 2. The highest BCUT2D eigenvalue weighted by atomic mass is 19.1. The first kappa shape index (κ1) is 11.1. The second-order valence-corrected chi connectivity index (χ2v) is 3.61. The molecule has 0 saturated carbocycles. The minimum Gasteiger partial charge on any atom is -0.329 e. The molecule has 0 amide bonds. The Balaban J connectivity index is 2.62. The van der Waals surface area contributed by atoms with Crippen LogP contribution >= 0.6 is 0 Å². The maximum atomic E-state index is 13.3. The van der Waals surface area contributed by atoms with E-state index in [-0.39, 0.29) is 11.9 Å². The van der Waals surface area contributed by atoms with Gasteiger partial charge in [-0.05, 0) is 19.9 Å². The molecule has 0 aliphatic rings. The molecule has 2 nitrogen and oxygen atoms in total. The van der Waals surface area contributed by atoms with Crippen LogP contribution in [0.5, 0.6) is 0 Å². The first-order chi connectivity index (χ1) is 6.63. The molecule has 0 radical (unpaired) electrons. The summed E-state index contributed by atoms with van der Waals surface area (Å²) in [5.74, 6) is -0.160. The standard InChI is InChI=1S/C11H17FN2/c1-8-3-4-11(12)10(5-8)7-14-9(2)6-13/h3-5,9,14H,6-7,13H2,1-2H3/t9-/m0/s1. The van der Waals surface area contributed by atoms with E-state index in [4.69, 9.17) is 5.73 Å². The highest BCUT2D eigenvalue weighted by molar-refractivity contribution is 5.23. The third-order valence-corrected chi connectivity index (χ3v) is 2.20. The van der Waals surface area contributed by atoms with Crippen molar-refractivity contribution in [3.8, 4) is 0 Å². The molecule has 0 fully saturated rings. The van der Waals surface area contributed by atoms with Crippen LogP contribution in [0.2, 0.25) is 0 Å². The average molecular weight is 196 g/mol. The number of halogens is 1. The maximum Gasteiger partial charge on any atom is 0.127 e. The molecule has 0 spiro atoms. The van der Waals surface area contributed by atoms with Crippen molar-refractivity contribution < 1.29 is 4.39 Å². The topological polar surface area (TPSA) is 38.0 Å². The number of hydrogen-bond donors (Lipinski definition) is 2. The summed E-state index contributed by atoms with van der Waals surface area (Å²) in [6.45, 7) is 5.03. The summed E-state index contributed by atoms with van der Waals surface area (Å²) in [5.41, 5.74) is 7.22. The van der Waals surface area contributed by atoms with Crippen molar-refractivity contribution in [3.63, 3.8) is 0 Å². The van der Waals surface area contributed by atoms with Gasteiger partial charge in [0, 0.05) is 24.7 Å². The zero-order valence-corrected chi connectivity index (χ0v) is 8.68. The Bertz CT molecular complexity index is 299. The third kappa shape index (κ3) is 3.09. The fourth-order valence-corrected chi connectivity index (χ4v) is 1.21. The van der Waals surface area contributed by atoms with Gasteiger partial charge in [-0.25, -0.2) is 4.39 Å². The molecule has 3 N–H and O–H groups in total. The van der Waals surface area contributed by atoms with Crippen molar-refractivity contribution in [3.05, 3.63) is 35.1 Å². The van der Waals surface area contributed by atoms with Crippen LogP contribution in [0.15, 0.2) is 18.2 Å². The lowest BCUT2D eigenvalue weighted by atomic mass is 10.1. The zero-order chi connectivity index (χ0) is 10.6. The monoisotopic (exact) mass is 196 g/mol. The van der Waals surface area contributed by atoms with Gasteiger partial charge in [-0.2, -0.15) is 0 Å². The molecule has 0 aliphatic carbocycles. The van der Waals surface area contributed by atoms with E-state index in [0.717, 1.165) is 5.56 Å². The predicted octanol–water partition coefficient (Wildman–Crippen LogP) is 1.57. The van der Waals surface area contributed by atoms with Gasteiger partial charge in [0.15, 0.2) is 0 Å². The average Bonchev–Trinajstić information content (AvgIpc) is 2.19. The molecular weight excluding hydrogens is 179 g/mol. The SMILES string of the molecule is Cc1ccc(F)c(CN[C@@H](C)CN)c1. The third-order valence-electron chi connectivity index (χ3n) is 2.20. The van der Waals surface area contributed by atoms with Crippen molar-refractivity contribution in [2.24, 2.45) is 5.73 Å². The smallest absolute Gasteiger partial charge is 0.127 e. The summed E-state index contributed by atoms with van der Waals surface area (Å²) < 4.78 is 13.3. The molecule has 0 bridgehead atoms. The van der Waals surface area contributed by atoms with Gasteiger partial charge >= 0.3 is 0 Å². The van der Waals surface area contributed by atoms with Gasteiger partial charge in [-0.3, -0.25) is 0 Å². The van der Waals surface area contributed by atoms with Crippen LogP contribution in [0.1, 0.15) is 18.1 Å². The number of aryl methyl sites for hydroxylation is 1. The van der Waals surface area contributed by atoms with Crippen LogP contribution in [0.4, 0.5) is 4.39 Å². The Hall–Kier alpha value is -0.930. The summed E-state index contributed by atoms with van der Waals surface area (Å²) in [6.07, 6.45) is 0. The molecule has 3 heteroatoms. The van der Waals surface area contributed by atoms with Crippen molar-refractivity contribution in [1.82, 2.24) is 5.32 Å². The van der Waals surface area contributed by atoms with E-state index in [1.54, 1.807) is 6.07 Å². The molecule has 0 aromatic heterocycles. The van der Waals surface area contributed by atoms with Crippen LogP contribution in [0.25, 0.3) is 0 Å². The van der Waals surface area contributed by atoms with E-state index in [1.165, 1.54) is 6.07 Å². The number of rotatable bonds is 4. The fourth-order valence-electron chi connectivity index (χ4n) is 1.21. The van der Waals surface area contributed by atoms with E-state index in [2.05, 4.69) is 5.32 Å². The summed E-state index contributed by atoms with van der Waals surface area (Å²) >= 11 is 0. The minimum atomic E-state index is -0.160. The molecular formula is C11H17FN2. The molecule has 14 heavy (non-hydrogen) atoms. The lowest BCUT2D eigenvalue weighted by molar-refractivity contribution is 0.533. The molecule has 1 atom stereocenters. The highest BCUT2D eigenvalue weighted by Gasteiger charge is 2.03. The highest BCUT2D eigenvalue weighted by Crippen LogP contribution is 2.09. The van der Waals surface area contributed by atoms with Crippen LogP contribution in [-0.4, -0.2) is 12.6 Å². The van der Waals surface area contributed by atoms with Gasteiger partial charge in [0.1, 0.15) is 5.82 Å². The van der Waals surface area contributed by atoms with Gasteiger partial charge in [-0.1, -0.05) is 17.7 Å². The number of nitrogens with two attached hydrogens (primary N) is 1. The van der Waals surface area contributed by atoms with Gasteiger partial charge in [0.05, 0.1) is 0 Å². The Morgan fingerprint density at radius 2 is 2.21 bits per heavy atom. The zero-order valence-electron chi connectivity index (χ0n) is 8.68. The molecule has 78 valence electrons. The van der Waals surface area contributed by atoms with Crippen LogP contribution in [0, 0.1) is 12.7 Å². The second kappa shape index (κ2) is 5.08. The van der Waals surface area contributed by atoms with E-state index in [9.17, 15) is 4.39 Å². The molecule has 0 saturated heterocycles.